The Balaban J connectivity index is 1.29. The highest BCUT2D eigenvalue weighted by molar-refractivity contribution is 5.76. The van der Waals surface area contributed by atoms with Gasteiger partial charge in [-0.05, 0) is 43.7 Å². The first-order chi connectivity index (χ1) is 13.3. The zero-order valence-electron chi connectivity index (χ0n) is 15.4. The number of allylic oxidation sites excluding steroid dienone is 2. The van der Waals surface area contributed by atoms with Gasteiger partial charge in [-0.3, -0.25) is 14.8 Å². The summed E-state index contributed by atoms with van der Waals surface area (Å²) in [7, 11) is 0. The lowest BCUT2D eigenvalue weighted by molar-refractivity contribution is -0.132. The fourth-order valence-electron chi connectivity index (χ4n) is 3.88. The standard InChI is InChI=1S/C21H25N5O/c27-21(13-16-3-1-2-4-16)26-11-7-17(8-12-26)19-6-5-18(14-24-19)25-20-15-22-9-10-23-20/h1,3,5-6,9-10,14-17H,2,4,7-8,11-13H2,(H,23,25). The van der Waals surface area contributed by atoms with E-state index in [2.05, 4.69) is 38.5 Å². The molecule has 1 aliphatic carbocycles. The first-order valence-corrected chi connectivity index (χ1v) is 9.71. The lowest BCUT2D eigenvalue weighted by Gasteiger charge is -2.32. The van der Waals surface area contributed by atoms with E-state index in [-0.39, 0.29) is 0 Å². The van der Waals surface area contributed by atoms with Crippen molar-refractivity contribution in [1.29, 1.82) is 0 Å². The number of nitrogens with one attached hydrogen (secondary N) is 1. The van der Waals surface area contributed by atoms with Gasteiger partial charge in [0.25, 0.3) is 0 Å². The van der Waals surface area contributed by atoms with Crippen LogP contribution in [-0.4, -0.2) is 38.8 Å². The Morgan fingerprint density at radius 3 is 2.67 bits per heavy atom. The monoisotopic (exact) mass is 363 g/mol. The quantitative estimate of drug-likeness (QED) is 0.821. The van der Waals surface area contributed by atoms with Gasteiger partial charge in [-0.25, -0.2) is 4.98 Å². The maximum absolute atomic E-state index is 12.5. The summed E-state index contributed by atoms with van der Waals surface area (Å²) in [6.07, 6.45) is 16.1. The molecule has 0 saturated carbocycles. The summed E-state index contributed by atoms with van der Waals surface area (Å²) in [5.41, 5.74) is 2.00. The van der Waals surface area contributed by atoms with E-state index in [4.69, 9.17) is 0 Å². The highest BCUT2D eigenvalue weighted by atomic mass is 16.2. The zero-order valence-corrected chi connectivity index (χ0v) is 15.4. The van der Waals surface area contributed by atoms with Crippen LogP contribution in [0.15, 0.2) is 49.1 Å². The lowest BCUT2D eigenvalue weighted by atomic mass is 9.92. The summed E-state index contributed by atoms with van der Waals surface area (Å²) < 4.78 is 0. The number of pyridine rings is 1. The molecule has 2 aromatic rings. The molecule has 1 atom stereocenters. The molecule has 27 heavy (non-hydrogen) atoms. The van der Waals surface area contributed by atoms with Crippen molar-refractivity contribution in [2.24, 2.45) is 5.92 Å². The van der Waals surface area contributed by atoms with Crippen molar-refractivity contribution in [1.82, 2.24) is 19.9 Å². The van der Waals surface area contributed by atoms with E-state index in [1.54, 1.807) is 18.6 Å². The average molecular weight is 363 g/mol. The van der Waals surface area contributed by atoms with E-state index in [1.165, 1.54) is 0 Å². The van der Waals surface area contributed by atoms with E-state index < -0.39 is 0 Å². The molecule has 0 bridgehead atoms. The van der Waals surface area contributed by atoms with Crippen LogP contribution in [0.5, 0.6) is 0 Å². The number of aromatic nitrogens is 3. The molecule has 4 rings (SSSR count). The van der Waals surface area contributed by atoms with E-state index in [0.717, 1.165) is 50.2 Å². The van der Waals surface area contributed by atoms with Crippen molar-refractivity contribution in [3.63, 3.8) is 0 Å². The van der Waals surface area contributed by atoms with E-state index in [9.17, 15) is 4.79 Å². The Labute approximate surface area is 159 Å². The van der Waals surface area contributed by atoms with Crippen LogP contribution in [0.25, 0.3) is 0 Å². The number of anilines is 2. The zero-order chi connectivity index (χ0) is 18.5. The van der Waals surface area contributed by atoms with Gasteiger partial charge in [-0.2, -0.15) is 0 Å². The molecule has 0 aromatic carbocycles. The SMILES string of the molecule is O=C(CC1C=CCC1)N1CCC(c2ccc(Nc3cnccn3)cn2)CC1. The molecule has 6 nitrogen and oxygen atoms in total. The Kier molecular flexibility index (Phi) is 5.42. The van der Waals surface area contributed by atoms with Crippen LogP contribution in [0.2, 0.25) is 0 Å². The molecule has 1 aliphatic heterocycles. The number of likely N-dealkylation sites (tertiary alicyclic amines) is 1. The molecule has 1 amide bonds. The van der Waals surface area contributed by atoms with Crippen LogP contribution < -0.4 is 5.32 Å². The van der Waals surface area contributed by atoms with Gasteiger partial charge in [0.15, 0.2) is 0 Å². The number of hydrogen-bond acceptors (Lipinski definition) is 5. The molecule has 1 unspecified atom stereocenters. The first-order valence-electron chi connectivity index (χ1n) is 9.71. The first kappa shape index (κ1) is 17.6. The van der Waals surface area contributed by atoms with Crippen molar-refractivity contribution >= 4 is 17.4 Å². The van der Waals surface area contributed by atoms with Gasteiger partial charge in [-0.1, -0.05) is 12.2 Å². The van der Waals surface area contributed by atoms with Crippen LogP contribution >= 0.6 is 0 Å². The fraction of sp³-hybridized carbons (Fsp3) is 0.429. The van der Waals surface area contributed by atoms with Crippen LogP contribution in [0.1, 0.15) is 43.7 Å². The Morgan fingerprint density at radius 1 is 1.11 bits per heavy atom. The van der Waals surface area contributed by atoms with E-state index in [1.807, 2.05) is 17.2 Å². The van der Waals surface area contributed by atoms with Crippen LogP contribution in [-0.2, 0) is 4.79 Å². The highest BCUT2D eigenvalue weighted by Gasteiger charge is 2.26. The molecular weight excluding hydrogens is 338 g/mol. The molecule has 140 valence electrons. The maximum Gasteiger partial charge on any atom is 0.223 e. The van der Waals surface area contributed by atoms with Crippen LogP contribution in [0, 0.1) is 5.92 Å². The van der Waals surface area contributed by atoms with Crippen molar-refractivity contribution < 1.29 is 4.79 Å². The third-order valence-corrected chi connectivity index (χ3v) is 5.44. The molecule has 1 N–H and O–H groups in total. The minimum absolute atomic E-state index is 0.307. The lowest BCUT2D eigenvalue weighted by Crippen LogP contribution is -2.38. The largest absolute Gasteiger partial charge is 0.343 e. The third kappa shape index (κ3) is 4.51. The second-order valence-electron chi connectivity index (χ2n) is 7.31. The van der Waals surface area contributed by atoms with Crippen molar-refractivity contribution in [2.45, 2.75) is 38.0 Å². The number of rotatable bonds is 5. The normalized spacial score (nSPS) is 20.0. The summed E-state index contributed by atoms with van der Waals surface area (Å²) in [5.74, 6) is 1.88. The fourth-order valence-corrected chi connectivity index (χ4v) is 3.88. The van der Waals surface area contributed by atoms with Gasteiger partial charge >= 0.3 is 0 Å². The molecule has 1 saturated heterocycles. The highest BCUT2D eigenvalue weighted by Crippen LogP contribution is 2.29. The summed E-state index contributed by atoms with van der Waals surface area (Å²) in [5, 5.41) is 3.20. The van der Waals surface area contributed by atoms with Crippen LogP contribution in [0.4, 0.5) is 11.5 Å². The van der Waals surface area contributed by atoms with Gasteiger partial charge < -0.3 is 10.2 Å². The van der Waals surface area contributed by atoms with Gasteiger partial charge in [0, 0.05) is 43.5 Å². The number of carbonyl (C=O) groups excluding carboxylic acids is 1. The van der Waals surface area contributed by atoms with Crippen molar-refractivity contribution in [2.75, 3.05) is 18.4 Å². The third-order valence-electron chi connectivity index (χ3n) is 5.44. The van der Waals surface area contributed by atoms with Gasteiger partial charge in [0.2, 0.25) is 5.91 Å². The summed E-state index contributed by atoms with van der Waals surface area (Å²) in [6.45, 7) is 1.67. The predicted octanol–water partition coefficient (Wildman–Crippen LogP) is 3.68. The molecule has 0 spiro atoms. The Hall–Kier alpha value is -2.76. The minimum atomic E-state index is 0.307. The van der Waals surface area contributed by atoms with Crippen molar-refractivity contribution in [3.05, 3.63) is 54.8 Å². The maximum atomic E-state index is 12.5. The average Bonchev–Trinajstić information content (AvgIpc) is 3.22. The molecule has 2 aliphatic rings. The molecule has 6 heteroatoms. The Bertz CT molecular complexity index is 782. The summed E-state index contributed by atoms with van der Waals surface area (Å²) in [4.78, 5) is 27.4. The Morgan fingerprint density at radius 2 is 2.00 bits per heavy atom. The summed E-state index contributed by atoms with van der Waals surface area (Å²) in [6, 6.07) is 4.10. The van der Waals surface area contributed by atoms with Gasteiger partial charge in [0.05, 0.1) is 18.1 Å². The van der Waals surface area contributed by atoms with Crippen molar-refractivity contribution in [3.8, 4) is 0 Å². The summed E-state index contributed by atoms with van der Waals surface area (Å²) >= 11 is 0. The molecule has 2 aromatic heterocycles. The smallest absolute Gasteiger partial charge is 0.223 e. The molecular formula is C21H25N5O. The second-order valence-corrected chi connectivity index (χ2v) is 7.31. The number of piperidine rings is 1. The predicted molar refractivity (Wildman–Crippen MR) is 105 cm³/mol. The molecule has 0 radical (unpaired) electrons. The molecule has 3 heterocycles. The second kappa shape index (κ2) is 8.29. The topological polar surface area (TPSA) is 71.0 Å². The van der Waals surface area contributed by atoms with Crippen LogP contribution in [0.3, 0.4) is 0 Å². The number of amides is 1. The van der Waals surface area contributed by atoms with Gasteiger partial charge in [-0.15, -0.1) is 0 Å². The number of hydrogen-bond donors (Lipinski definition) is 1. The van der Waals surface area contributed by atoms with E-state index in [0.29, 0.717) is 30.0 Å². The van der Waals surface area contributed by atoms with E-state index >= 15 is 0 Å². The number of nitrogens with zero attached hydrogens (tertiary/aromatic N) is 4. The van der Waals surface area contributed by atoms with Gasteiger partial charge in [0.1, 0.15) is 5.82 Å². The number of carbonyl (C=O) groups is 1. The minimum Gasteiger partial charge on any atom is -0.343 e. The molecule has 1 fully saturated rings.